The molecule has 12 heteroatoms. The topological polar surface area (TPSA) is 106 Å². The van der Waals surface area contributed by atoms with Gasteiger partial charge in [-0.3, -0.25) is 14.4 Å². The lowest BCUT2D eigenvalue weighted by atomic mass is 9.96. The summed E-state index contributed by atoms with van der Waals surface area (Å²) in [6.07, 6.45) is -2.74. The molecule has 0 heterocycles. The lowest BCUT2D eigenvalue weighted by Gasteiger charge is -2.21. The second-order valence-electron chi connectivity index (χ2n) is 9.40. The lowest BCUT2D eigenvalue weighted by molar-refractivity contribution is -0.139. The predicted octanol–water partition coefficient (Wildman–Crippen LogP) is 3.79. The monoisotopic (exact) mass is 571 g/mol. The quantitative estimate of drug-likeness (QED) is 0.304. The van der Waals surface area contributed by atoms with Crippen LogP contribution < -0.4 is 26.2 Å². The maximum atomic E-state index is 13.1. The summed E-state index contributed by atoms with van der Waals surface area (Å²) in [4.78, 5) is 38.4. The Labute approximate surface area is 236 Å². The highest BCUT2D eigenvalue weighted by atomic mass is 35.5. The van der Waals surface area contributed by atoms with Gasteiger partial charge in [-0.25, -0.2) is 8.78 Å². The Kier molecular flexibility index (Phi) is 10.3. The van der Waals surface area contributed by atoms with E-state index in [2.05, 4.69) is 16.0 Å². The third-order valence-corrected chi connectivity index (χ3v) is 6.27. The molecule has 3 amide bonds. The minimum atomic E-state index is -2.74. The molecule has 0 fully saturated rings. The van der Waals surface area contributed by atoms with Gasteiger partial charge in [0, 0.05) is 25.0 Å². The second kappa shape index (κ2) is 13.4. The van der Waals surface area contributed by atoms with Crippen LogP contribution in [-0.4, -0.2) is 51.3 Å². The van der Waals surface area contributed by atoms with Gasteiger partial charge in [-0.15, -0.1) is 0 Å². The molecule has 8 nitrogen and oxygen atoms in total. The average Bonchev–Trinajstić information content (AvgIpc) is 2.92. The normalized spacial score (nSPS) is 11.2. The van der Waals surface area contributed by atoms with Crippen LogP contribution in [0.15, 0.2) is 60.7 Å². The Balaban J connectivity index is 1.81. The number of halogens is 3. The molecule has 3 aromatic carbocycles. The number of carbonyl (C=O) groups is 3. The van der Waals surface area contributed by atoms with Gasteiger partial charge in [0.15, 0.2) is 0 Å². The molecule has 0 radical (unpaired) electrons. The van der Waals surface area contributed by atoms with E-state index in [0.717, 1.165) is 5.46 Å². The van der Waals surface area contributed by atoms with Crippen molar-refractivity contribution in [3.63, 3.8) is 0 Å². The summed E-state index contributed by atoms with van der Waals surface area (Å²) in [6.45, 7) is 2.48. The molecule has 0 atom stereocenters. The van der Waals surface area contributed by atoms with Gasteiger partial charge >= 0.3 is 0 Å². The zero-order chi connectivity index (χ0) is 29.4. The zero-order valence-corrected chi connectivity index (χ0v) is 23.2. The summed E-state index contributed by atoms with van der Waals surface area (Å²) in [5.41, 5.74) is 1.36. The van der Waals surface area contributed by atoms with Crippen molar-refractivity contribution in [2.75, 3.05) is 24.4 Å². The van der Waals surface area contributed by atoms with E-state index in [4.69, 9.17) is 21.1 Å². The number of rotatable bonds is 11. The molecule has 0 aliphatic heterocycles. The molecule has 0 saturated carbocycles. The first kappa shape index (κ1) is 30.6. The molecular formula is C28H29BClF2N3O5. The van der Waals surface area contributed by atoms with Crippen LogP contribution in [0.5, 0.6) is 5.75 Å². The summed E-state index contributed by atoms with van der Waals surface area (Å²) in [6, 6.07) is 15.8. The molecule has 210 valence electrons. The number of anilines is 2. The van der Waals surface area contributed by atoms with Crippen molar-refractivity contribution >= 4 is 54.0 Å². The van der Waals surface area contributed by atoms with Gasteiger partial charge in [0.2, 0.25) is 0 Å². The SMILES string of the molecule is Bc1ccc(NC(=O)c2cc(NC(=O)c3cc(CNC(=O)C(C)(C)OC)ccc3Cl)ccc2OCC(F)F)cc1. The Morgan fingerprint density at radius 1 is 0.925 bits per heavy atom. The number of ether oxygens (including phenoxy) is 2. The van der Waals surface area contributed by atoms with Gasteiger partial charge < -0.3 is 25.4 Å². The Bertz CT molecular complexity index is 1390. The fourth-order valence-corrected chi connectivity index (χ4v) is 3.65. The molecule has 0 saturated heterocycles. The highest BCUT2D eigenvalue weighted by molar-refractivity contribution is 6.34. The Hall–Kier alpha value is -3.96. The van der Waals surface area contributed by atoms with E-state index in [-0.39, 0.29) is 40.0 Å². The average molecular weight is 572 g/mol. The van der Waals surface area contributed by atoms with Gasteiger partial charge in [-0.05, 0) is 61.9 Å². The first-order valence-electron chi connectivity index (χ1n) is 12.3. The fourth-order valence-electron chi connectivity index (χ4n) is 3.44. The molecule has 0 bridgehead atoms. The summed E-state index contributed by atoms with van der Waals surface area (Å²) < 4.78 is 35.9. The molecule has 3 rings (SSSR count). The van der Waals surface area contributed by atoms with Crippen molar-refractivity contribution in [2.45, 2.75) is 32.4 Å². The number of hydrogen-bond donors (Lipinski definition) is 3. The standard InChI is InChI=1S/C28H29BClF2N3O5/c1-28(2,39-3)27(38)33-14-16-4-10-22(30)20(12-16)25(36)35-19-9-11-23(40-15-24(31)32)21(13-19)26(37)34-18-7-5-17(29)6-8-18/h4-13,24H,14-15,29H2,1-3H3,(H,33,38)(H,34,37)(H,35,36). The molecule has 3 aromatic rings. The molecule has 0 spiro atoms. The third kappa shape index (κ3) is 8.27. The number of nitrogens with one attached hydrogen (secondary N) is 3. The number of benzene rings is 3. The highest BCUT2D eigenvalue weighted by Gasteiger charge is 2.26. The minimum Gasteiger partial charge on any atom is -0.487 e. The molecule has 0 unspecified atom stereocenters. The van der Waals surface area contributed by atoms with Gasteiger partial charge in [-0.2, -0.15) is 0 Å². The Morgan fingerprint density at radius 3 is 2.20 bits per heavy atom. The number of hydrogen-bond acceptors (Lipinski definition) is 5. The van der Waals surface area contributed by atoms with Crippen LogP contribution in [0.2, 0.25) is 5.02 Å². The maximum absolute atomic E-state index is 13.1. The van der Waals surface area contributed by atoms with E-state index in [1.165, 1.54) is 37.4 Å². The van der Waals surface area contributed by atoms with Crippen LogP contribution in [0.1, 0.15) is 40.1 Å². The molecular weight excluding hydrogens is 543 g/mol. The summed E-state index contributed by atoms with van der Waals surface area (Å²) in [5, 5.41) is 8.27. The van der Waals surface area contributed by atoms with E-state index in [0.29, 0.717) is 11.3 Å². The maximum Gasteiger partial charge on any atom is 0.272 e. The van der Waals surface area contributed by atoms with Crippen LogP contribution in [0.25, 0.3) is 0 Å². The number of amides is 3. The van der Waals surface area contributed by atoms with Crippen molar-refractivity contribution in [3.8, 4) is 5.75 Å². The first-order valence-corrected chi connectivity index (χ1v) is 12.6. The zero-order valence-electron chi connectivity index (χ0n) is 22.4. The van der Waals surface area contributed by atoms with E-state index >= 15 is 0 Å². The van der Waals surface area contributed by atoms with Crippen molar-refractivity contribution in [2.24, 2.45) is 0 Å². The molecule has 0 aliphatic rings. The van der Waals surface area contributed by atoms with Crippen molar-refractivity contribution in [3.05, 3.63) is 82.4 Å². The third-order valence-electron chi connectivity index (χ3n) is 5.94. The van der Waals surface area contributed by atoms with Crippen LogP contribution >= 0.6 is 11.6 Å². The van der Waals surface area contributed by atoms with Gasteiger partial charge in [0.1, 0.15) is 25.8 Å². The fraction of sp³-hybridized carbons (Fsp3) is 0.250. The summed E-state index contributed by atoms with van der Waals surface area (Å²) in [7, 11) is 3.33. The largest absolute Gasteiger partial charge is 0.487 e. The lowest BCUT2D eigenvalue weighted by Crippen LogP contribution is -2.43. The first-order chi connectivity index (χ1) is 18.9. The van der Waals surface area contributed by atoms with Gasteiger partial charge in [-0.1, -0.05) is 35.3 Å². The van der Waals surface area contributed by atoms with Crippen LogP contribution in [-0.2, 0) is 16.1 Å². The summed E-state index contributed by atoms with van der Waals surface area (Å²) in [5.74, 6) is -1.60. The van der Waals surface area contributed by atoms with Gasteiger partial charge in [0.05, 0.1) is 16.1 Å². The van der Waals surface area contributed by atoms with Crippen molar-refractivity contribution in [1.29, 1.82) is 0 Å². The van der Waals surface area contributed by atoms with Crippen molar-refractivity contribution < 1.29 is 32.6 Å². The molecule has 0 aromatic heterocycles. The Morgan fingerprint density at radius 2 is 1.55 bits per heavy atom. The van der Waals surface area contributed by atoms with Crippen LogP contribution in [0, 0.1) is 0 Å². The van der Waals surface area contributed by atoms with Gasteiger partial charge in [0.25, 0.3) is 24.1 Å². The van der Waals surface area contributed by atoms with E-state index in [1.807, 2.05) is 20.0 Å². The van der Waals surface area contributed by atoms with E-state index in [9.17, 15) is 23.2 Å². The van der Waals surface area contributed by atoms with Crippen LogP contribution in [0.4, 0.5) is 20.2 Å². The van der Waals surface area contributed by atoms with Crippen LogP contribution in [0.3, 0.4) is 0 Å². The number of alkyl halides is 2. The number of methoxy groups -OCH3 is 1. The predicted molar refractivity (Wildman–Crippen MR) is 153 cm³/mol. The molecule has 0 aliphatic carbocycles. The summed E-state index contributed by atoms with van der Waals surface area (Å²) >= 11 is 6.27. The second-order valence-corrected chi connectivity index (χ2v) is 9.81. The molecule has 3 N–H and O–H groups in total. The minimum absolute atomic E-state index is 0.0534. The smallest absolute Gasteiger partial charge is 0.272 e. The number of carbonyl (C=O) groups excluding carboxylic acids is 3. The molecule has 40 heavy (non-hydrogen) atoms. The van der Waals surface area contributed by atoms with E-state index in [1.54, 1.807) is 32.0 Å². The highest BCUT2D eigenvalue weighted by Crippen LogP contribution is 2.26. The van der Waals surface area contributed by atoms with E-state index < -0.39 is 30.4 Å². The van der Waals surface area contributed by atoms with Crippen molar-refractivity contribution in [1.82, 2.24) is 5.32 Å².